The molecule has 0 saturated carbocycles. The van der Waals surface area contributed by atoms with E-state index in [4.69, 9.17) is 14.9 Å². The zero-order chi connectivity index (χ0) is 24.3. The van der Waals surface area contributed by atoms with Crippen LogP contribution in [0.5, 0.6) is 11.5 Å². The number of methoxy groups -OCH3 is 2. The van der Waals surface area contributed by atoms with Crippen LogP contribution in [0.3, 0.4) is 0 Å². The predicted molar refractivity (Wildman–Crippen MR) is 137 cm³/mol. The Morgan fingerprint density at radius 1 is 1.29 bits per heavy atom. The van der Waals surface area contributed by atoms with Gasteiger partial charge in [-0.1, -0.05) is 6.08 Å². The lowest BCUT2D eigenvalue weighted by Crippen LogP contribution is -2.22. The Balaban J connectivity index is 1.93. The van der Waals surface area contributed by atoms with Crippen LogP contribution < -0.4 is 19.7 Å². The van der Waals surface area contributed by atoms with Gasteiger partial charge in [0.1, 0.15) is 23.1 Å². The second-order valence-electron chi connectivity index (χ2n) is 7.19. The number of aromatic nitrogens is 2. The number of aromatic amines is 1. The molecule has 0 fully saturated rings. The summed E-state index contributed by atoms with van der Waals surface area (Å²) in [5.41, 5.74) is 3.34. The van der Waals surface area contributed by atoms with Crippen LogP contribution in [0.1, 0.15) is 12.2 Å². The molecule has 0 spiro atoms. The smallest absolute Gasteiger partial charge is 0.132 e. The lowest BCUT2D eigenvalue weighted by atomic mass is 10.0. The maximum absolute atomic E-state index is 7.57. The predicted octanol–water partition coefficient (Wildman–Crippen LogP) is 4.01. The largest absolute Gasteiger partial charge is 0.497 e. The lowest BCUT2D eigenvalue weighted by molar-refractivity contribution is 0.394. The fourth-order valence-corrected chi connectivity index (χ4v) is 3.33. The molecule has 0 atom stereocenters. The number of imidazole rings is 1. The molecule has 1 aromatic carbocycles. The molecule has 1 aromatic heterocycles. The van der Waals surface area contributed by atoms with Crippen LogP contribution in [-0.2, 0) is 6.54 Å². The number of anilines is 1. The molecule has 0 saturated heterocycles. The molecule has 0 aliphatic carbocycles. The number of benzene rings is 1. The van der Waals surface area contributed by atoms with Gasteiger partial charge in [0.25, 0.3) is 0 Å². The molecule has 9 nitrogen and oxygen atoms in total. The van der Waals surface area contributed by atoms with Crippen molar-refractivity contribution in [2.75, 3.05) is 26.2 Å². The zero-order valence-corrected chi connectivity index (χ0v) is 19.6. The molecule has 3 N–H and O–H groups in total. The molecule has 0 bridgehead atoms. The van der Waals surface area contributed by atoms with Crippen molar-refractivity contribution in [2.45, 2.75) is 13.0 Å². The molecule has 2 aromatic rings. The van der Waals surface area contributed by atoms with Gasteiger partial charge in [0.05, 0.1) is 26.5 Å². The first-order chi connectivity index (χ1) is 16.6. The Hall–Kier alpha value is -4.40. The Bertz CT molecular complexity index is 1140. The normalized spacial score (nSPS) is 15.0. The molecular formula is C25H29N7O2. The number of nitrogens with zero attached hydrogens (tertiary/aromatic N) is 4. The third kappa shape index (κ3) is 6.10. The minimum Gasteiger partial charge on any atom is -0.497 e. The van der Waals surface area contributed by atoms with Gasteiger partial charge in [-0.25, -0.2) is 9.98 Å². The third-order valence-corrected chi connectivity index (χ3v) is 5.06. The van der Waals surface area contributed by atoms with Crippen molar-refractivity contribution in [3.8, 4) is 11.5 Å². The number of ether oxygens (including phenoxy) is 2. The number of dihydropyridines is 1. The summed E-state index contributed by atoms with van der Waals surface area (Å²) in [6.07, 6.45) is 14.8. The van der Waals surface area contributed by atoms with Crippen molar-refractivity contribution in [1.82, 2.24) is 15.3 Å². The fraction of sp³-hybridized carbons (Fsp3) is 0.200. The van der Waals surface area contributed by atoms with Gasteiger partial charge in [0, 0.05) is 74.0 Å². The molecule has 3 rings (SSSR count). The van der Waals surface area contributed by atoms with E-state index in [1.54, 1.807) is 46.1 Å². The van der Waals surface area contributed by atoms with E-state index >= 15 is 0 Å². The van der Waals surface area contributed by atoms with Gasteiger partial charge in [-0.2, -0.15) is 0 Å². The van der Waals surface area contributed by atoms with E-state index in [2.05, 4.69) is 32.0 Å². The van der Waals surface area contributed by atoms with Crippen molar-refractivity contribution in [1.29, 1.82) is 5.41 Å². The van der Waals surface area contributed by atoms with E-state index in [0.717, 1.165) is 28.4 Å². The standard InChI is InChI=1S/C25H29N7O2/c1-27-15-19(14-26)18-5-6-20(31-16-18)7-8-25(28-2)32(17-24-29-9-10-30-24)21-11-22(33-3)13-23(12-21)34-4/h5,7-16,26-27H,2,6,17H2,1,3-4H3,(H,29,30)/b19-15+,20-7+,25-8+,26-14?. The summed E-state index contributed by atoms with van der Waals surface area (Å²) in [5, 5.41) is 10.5. The van der Waals surface area contributed by atoms with Crippen LogP contribution in [-0.4, -0.2) is 50.4 Å². The van der Waals surface area contributed by atoms with Gasteiger partial charge in [-0.3, -0.25) is 4.99 Å². The molecule has 34 heavy (non-hydrogen) atoms. The maximum atomic E-state index is 7.57. The summed E-state index contributed by atoms with van der Waals surface area (Å²) in [5.74, 6) is 2.70. The summed E-state index contributed by atoms with van der Waals surface area (Å²) in [6, 6.07) is 5.61. The first kappa shape index (κ1) is 24.2. The van der Waals surface area contributed by atoms with Gasteiger partial charge < -0.3 is 30.1 Å². The third-order valence-electron chi connectivity index (χ3n) is 5.06. The van der Waals surface area contributed by atoms with E-state index < -0.39 is 0 Å². The number of allylic oxidation sites excluding steroid dienone is 5. The summed E-state index contributed by atoms with van der Waals surface area (Å²) in [6.45, 7) is 4.21. The minimum absolute atomic E-state index is 0.433. The van der Waals surface area contributed by atoms with Crippen molar-refractivity contribution in [3.05, 3.63) is 83.5 Å². The highest BCUT2D eigenvalue weighted by Gasteiger charge is 2.16. The second-order valence-corrected chi connectivity index (χ2v) is 7.19. The minimum atomic E-state index is 0.433. The second kappa shape index (κ2) is 12.0. The molecule has 0 radical (unpaired) electrons. The van der Waals surface area contributed by atoms with E-state index in [1.165, 1.54) is 6.21 Å². The summed E-state index contributed by atoms with van der Waals surface area (Å²) < 4.78 is 10.9. The number of rotatable bonds is 11. The monoisotopic (exact) mass is 459 g/mol. The number of hydrogen-bond acceptors (Lipinski definition) is 8. The van der Waals surface area contributed by atoms with Gasteiger partial charge in [-0.05, 0) is 24.4 Å². The van der Waals surface area contributed by atoms with Crippen LogP contribution in [0, 0.1) is 5.41 Å². The highest BCUT2D eigenvalue weighted by Crippen LogP contribution is 2.31. The molecule has 0 unspecified atom stereocenters. The van der Waals surface area contributed by atoms with E-state index in [1.807, 2.05) is 41.3 Å². The summed E-state index contributed by atoms with van der Waals surface area (Å²) in [7, 11) is 5.03. The molecule has 176 valence electrons. The molecule has 0 amide bonds. The Morgan fingerprint density at radius 2 is 2.06 bits per heavy atom. The van der Waals surface area contributed by atoms with Crippen molar-refractivity contribution in [2.24, 2.45) is 9.98 Å². The average Bonchev–Trinajstić information content (AvgIpc) is 3.40. The zero-order valence-electron chi connectivity index (χ0n) is 19.6. The van der Waals surface area contributed by atoms with Crippen LogP contribution in [0.15, 0.2) is 87.7 Å². The molecule has 1 aliphatic heterocycles. The molecular weight excluding hydrogens is 430 g/mol. The quantitative estimate of drug-likeness (QED) is 0.440. The highest BCUT2D eigenvalue weighted by molar-refractivity contribution is 5.98. The Labute approximate surface area is 199 Å². The fourth-order valence-electron chi connectivity index (χ4n) is 3.33. The summed E-state index contributed by atoms with van der Waals surface area (Å²) >= 11 is 0. The van der Waals surface area contributed by atoms with Gasteiger partial charge in [0.2, 0.25) is 0 Å². The first-order valence-electron chi connectivity index (χ1n) is 10.6. The van der Waals surface area contributed by atoms with Crippen LogP contribution in [0.25, 0.3) is 0 Å². The first-order valence-corrected chi connectivity index (χ1v) is 10.6. The van der Waals surface area contributed by atoms with Gasteiger partial charge in [0.15, 0.2) is 0 Å². The van der Waals surface area contributed by atoms with Crippen LogP contribution >= 0.6 is 0 Å². The highest BCUT2D eigenvalue weighted by atomic mass is 16.5. The number of nitrogens with one attached hydrogen (secondary N) is 3. The van der Waals surface area contributed by atoms with Crippen LogP contribution in [0.2, 0.25) is 0 Å². The summed E-state index contributed by atoms with van der Waals surface area (Å²) in [4.78, 5) is 18.3. The number of aliphatic imine (C=N–C) groups is 2. The van der Waals surface area contributed by atoms with Gasteiger partial charge in [-0.15, -0.1) is 0 Å². The molecule has 1 aliphatic rings. The van der Waals surface area contributed by atoms with E-state index in [9.17, 15) is 0 Å². The van der Waals surface area contributed by atoms with Crippen LogP contribution in [0.4, 0.5) is 5.69 Å². The van der Waals surface area contributed by atoms with Crippen molar-refractivity contribution >= 4 is 24.8 Å². The van der Waals surface area contributed by atoms with Crippen molar-refractivity contribution in [3.63, 3.8) is 0 Å². The van der Waals surface area contributed by atoms with Crippen molar-refractivity contribution < 1.29 is 9.47 Å². The van der Waals surface area contributed by atoms with E-state index in [0.29, 0.717) is 30.3 Å². The molecule has 9 heteroatoms. The number of hydrogen-bond donors (Lipinski definition) is 3. The number of H-pyrrole nitrogens is 1. The lowest BCUT2D eigenvalue weighted by Gasteiger charge is -2.25. The van der Waals surface area contributed by atoms with E-state index in [-0.39, 0.29) is 0 Å². The maximum Gasteiger partial charge on any atom is 0.132 e. The topological polar surface area (TPSA) is 111 Å². The SMILES string of the molecule is C=N/C(=C\C=C1/CC=C(/C(C=N)=C/NC)C=N1)N(Cc1ncc[nH]1)c1cc(OC)cc(OC)c1. The van der Waals surface area contributed by atoms with Gasteiger partial charge >= 0.3 is 0 Å². The Kier molecular flexibility index (Phi) is 8.56. The average molecular weight is 460 g/mol. The Morgan fingerprint density at radius 3 is 2.59 bits per heavy atom. The molecule has 2 heterocycles.